The molecule has 1 unspecified atom stereocenters. The number of thioether (sulfide) groups is 1. The van der Waals surface area contributed by atoms with Crippen LogP contribution in [-0.4, -0.2) is 30.1 Å². The summed E-state index contributed by atoms with van der Waals surface area (Å²) < 4.78 is 8.37. The van der Waals surface area contributed by atoms with Crippen molar-refractivity contribution >= 4 is 38.9 Å². The summed E-state index contributed by atoms with van der Waals surface area (Å²) in [5, 5.41) is 30.3. The third-order valence-corrected chi connectivity index (χ3v) is 7.40. The molecule has 3 heterocycles. The van der Waals surface area contributed by atoms with Gasteiger partial charge in [-0.2, -0.15) is 5.26 Å². The molecule has 0 radical (unpaired) electrons. The second-order valence-electron chi connectivity index (χ2n) is 7.49. The zero-order valence-electron chi connectivity index (χ0n) is 18.3. The van der Waals surface area contributed by atoms with E-state index >= 15 is 0 Å². The first-order valence-electron chi connectivity index (χ1n) is 10.5. The van der Waals surface area contributed by atoms with E-state index < -0.39 is 5.25 Å². The number of nitriles is 1. The van der Waals surface area contributed by atoms with Crippen LogP contribution in [0.4, 0.5) is 0 Å². The molecule has 2 aromatic carbocycles. The van der Waals surface area contributed by atoms with Crippen LogP contribution in [0.15, 0.2) is 82.3 Å². The molecule has 34 heavy (non-hydrogen) atoms. The van der Waals surface area contributed by atoms with Gasteiger partial charge in [0.1, 0.15) is 28.2 Å². The first-order chi connectivity index (χ1) is 16.6. The Labute approximate surface area is 204 Å². The maximum absolute atomic E-state index is 11.0. The Kier molecular flexibility index (Phi) is 5.92. The third-order valence-electron chi connectivity index (χ3n) is 5.29. The van der Waals surface area contributed by atoms with Crippen LogP contribution in [0.2, 0.25) is 0 Å². The van der Waals surface area contributed by atoms with Gasteiger partial charge < -0.3 is 9.52 Å². The second kappa shape index (κ2) is 9.17. The normalized spacial score (nSPS) is 13.0. The molecule has 0 fully saturated rings. The molecule has 168 valence electrons. The average Bonchev–Trinajstić information content (AvgIpc) is 3.57. The lowest BCUT2D eigenvalue weighted by Gasteiger charge is -2.14. The fourth-order valence-corrected chi connectivity index (χ4v) is 5.46. The number of aliphatic hydroxyl groups is 1. The number of aromatic nitrogens is 4. The number of thiazole rings is 1. The van der Waals surface area contributed by atoms with Crippen molar-refractivity contribution in [2.45, 2.75) is 24.3 Å². The molecule has 7 nitrogen and oxygen atoms in total. The van der Waals surface area contributed by atoms with Gasteiger partial charge in [0, 0.05) is 5.69 Å². The molecule has 5 rings (SSSR count). The Morgan fingerprint density at radius 2 is 1.88 bits per heavy atom. The predicted molar refractivity (Wildman–Crippen MR) is 134 cm³/mol. The Hall–Kier alpha value is -3.87. The molecule has 1 atom stereocenters. The van der Waals surface area contributed by atoms with E-state index in [0.29, 0.717) is 16.0 Å². The van der Waals surface area contributed by atoms with Crippen LogP contribution in [0.25, 0.3) is 32.9 Å². The molecule has 9 heteroatoms. The lowest BCUT2D eigenvalue weighted by Crippen LogP contribution is -2.07. The van der Waals surface area contributed by atoms with E-state index in [2.05, 4.69) is 21.3 Å². The summed E-state index contributed by atoms with van der Waals surface area (Å²) >= 11 is 2.70. The zero-order chi connectivity index (χ0) is 23.7. The minimum atomic E-state index is -0.466. The number of hydrogen-bond donors (Lipinski definition) is 1. The summed E-state index contributed by atoms with van der Waals surface area (Å²) in [5.74, 6) is 1.33. The SMILES string of the molecule is Cc1occc1-c1nnc(SC(C)/C(O)=C(\C#N)c2nc3ccccc3s2)n1-c1ccccc1. The van der Waals surface area contributed by atoms with Gasteiger partial charge in [0.25, 0.3) is 0 Å². The maximum atomic E-state index is 11.0. The van der Waals surface area contributed by atoms with Crippen molar-refractivity contribution in [3.05, 3.63) is 83.5 Å². The standard InChI is InChI=1S/C25H19N5O2S2/c1-15-18(12-13-32-15)23-28-29-25(30(23)17-8-4-3-5-9-17)33-16(2)22(31)19(14-26)24-27-20-10-6-7-11-21(20)34-24/h3-13,16,31H,1-2H3/b22-19-. The van der Waals surface area contributed by atoms with E-state index in [4.69, 9.17) is 4.42 Å². The van der Waals surface area contributed by atoms with Gasteiger partial charge in [0.05, 0.1) is 27.3 Å². The molecular formula is C25H19N5O2S2. The van der Waals surface area contributed by atoms with Gasteiger partial charge in [0.2, 0.25) is 0 Å². The molecule has 5 aromatic rings. The average molecular weight is 486 g/mol. The topological polar surface area (TPSA) is 101 Å². The van der Waals surface area contributed by atoms with Gasteiger partial charge >= 0.3 is 0 Å². The molecule has 0 aliphatic rings. The van der Waals surface area contributed by atoms with E-state index in [9.17, 15) is 10.4 Å². The van der Waals surface area contributed by atoms with Gasteiger partial charge in [-0.15, -0.1) is 21.5 Å². The van der Waals surface area contributed by atoms with Crippen LogP contribution in [0.3, 0.4) is 0 Å². The Morgan fingerprint density at radius 3 is 2.59 bits per heavy atom. The van der Waals surface area contributed by atoms with E-state index in [1.807, 2.05) is 79.1 Å². The summed E-state index contributed by atoms with van der Waals surface area (Å²) in [5.41, 5.74) is 2.68. The van der Waals surface area contributed by atoms with E-state index in [1.54, 1.807) is 6.26 Å². The van der Waals surface area contributed by atoms with Crippen molar-refractivity contribution in [2.75, 3.05) is 0 Å². The number of nitrogens with zero attached hydrogens (tertiary/aromatic N) is 5. The van der Waals surface area contributed by atoms with E-state index in [1.165, 1.54) is 23.1 Å². The van der Waals surface area contributed by atoms with Crippen molar-refractivity contribution in [3.63, 3.8) is 0 Å². The smallest absolute Gasteiger partial charge is 0.196 e. The van der Waals surface area contributed by atoms with Crippen molar-refractivity contribution < 1.29 is 9.52 Å². The Balaban J connectivity index is 1.54. The number of allylic oxidation sites excluding steroid dienone is 1. The van der Waals surface area contributed by atoms with Crippen LogP contribution in [0, 0.1) is 18.3 Å². The summed E-state index contributed by atoms with van der Waals surface area (Å²) in [6.07, 6.45) is 1.62. The van der Waals surface area contributed by atoms with Crippen LogP contribution in [0.1, 0.15) is 17.7 Å². The lowest BCUT2D eigenvalue weighted by molar-refractivity contribution is 0.402. The lowest BCUT2D eigenvalue weighted by atomic mass is 10.2. The monoisotopic (exact) mass is 485 g/mol. The van der Waals surface area contributed by atoms with Gasteiger partial charge in [-0.05, 0) is 44.2 Å². The summed E-state index contributed by atoms with van der Waals surface area (Å²) in [6.45, 7) is 3.71. The van der Waals surface area contributed by atoms with Gasteiger partial charge in [-0.3, -0.25) is 4.57 Å². The number of hydrogen-bond acceptors (Lipinski definition) is 8. The highest BCUT2D eigenvalue weighted by molar-refractivity contribution is 8.00. The molecule has 0 saturated heterocycles. The molecular weight excluding hydrogens is 466 g/mol. The van der Waals surface area contributed by atoms with Crippen molar-refractivity contribution in [3.8, 4) is 23.1 Å². The van der Waals surface area contributed by atoms with Crippen molar-refractivity contribution in [1.29, 1.82) is 5.26 Å². The minimum absolute atomic E-state index is 0.0461. The number of aryl methyl sites for hydroxylation is 1. The van der Waals surface area contributed by atoms with Crippen molar-refractivity contribution in [2.24, 2.45) is 0 Å². The number of fused-ring (bicyclic) bond motifs is 1. The highest BCUT2D eigenvalue weighted by atomic mass is 32.2. The fraction of sp³-hybridized carbons (Fsp3) is 0.120. The highest BCUT2D eigenvalue weighted by Gasteiger charge is 2.24. The van der Waals surface area contributed by atoms with Crippen LogP contribution < -0.4 is 0 Å². The number of benzene rings is 2. The third kappa shape index (κ3) is 3.98. The number of aliphatic hydroxyl groups excluding tert-OH is 1. The molecule has 0 spiro atoms. The van der Waals surface area contributed by atoms with Gasteiger partial charge in [-0.1, -0.05) is 42.1 Å². The maximum Gasteiger partial charge on any atom is 0.196 e. The summed E-state index contributed by atoms with van der Waals surface area (Å²) in [6, 6.07) is 21.4. The molecule has 0 amide bonds. The summed E-state index contributed by atoms with van der Waals surface area (Å²) in [4.78, 5) is 4.53. The predicted octanol–water partition coefficient (Wildman–Crippen LogP) is 6.42. The van der Waals surface area contributed by atoms with E-state index in [0.717, 1.165) is 27.2 Å². The van der Waals surface area contributed by atoms with Crippen LogP contribution in [-0.2, 0) is 0 Å². The molecule has 0 aliphatic heterocycles. The van der Waals surface area contributed by atoms with Crippen molar-refractivity contribution in [1.82, 2.24) is 19.7 Å². The molecule has 0 aliphatic carbocycles. The van der Waals surface area contributed by atoms with Gasteiger partial charge in [0.15, 0.2) is 11.0 Å². The molecule has 3 aromatic heterocycles. The fourth-order valence-electron chi connectivity index (χ4n) is 3.56. The quantitative estimate of drug-likeness (QED) is 0.168. The highest BCUT2D eigenvalue weighted by Crippen LogP contribution is 2.36. The largest absolute Gasteiger partial charge is 0.510 e. The number of rotatable bonds is 6. The Bertz CT molecular complexity index is 1510. The zero-order valence-corrected chi connectivity index (χ0v) is 20.0. The first-order valence-corrected chi connectivity index (χ1v) is 12.2. The van der Waals surface area contributed by atoms with E-state index in [-0.39, 0.29) is 11.3 Å². The van der Waals surface area contributed by atoms with Gasteiger partial charge in [-0.25, -0.2) is 4.98 Å². The number of para-hydroxylation sites is 2. The number of furan rings is 1. The first kappa shape index (κ1) is 21.9. The van der Waals surface area contributed by atoms with Crippen LogP contribution in [0.5, 0.6) is 0 Å². The second-order valence-corrected chi connectivity index (χ2v) is 9.83. The molecule has 0 saturated carbocycles. The molecule has 1 N–H and O–H groups in total. The minimum Gasteiger partial charge on any atom is -0.510 e. The summed E-state index contributed by atoms with van der Waals surface area (Å²) in [7, 11) is 0. The molecule has 0 bridgehead atoms. The van der Waals surface area contributed by atoms with Crippen LogP contribution >= 0.6 is 23.1 Å². The Morgan fingerprint density at radius 1 is 1.12 bits per heavy atom.